The molecule has 3 N–H and O–H groups in total. The zero-order valence-corrected chi connectivity index (χ0v) is 48.3. The maximum atomic E-state index is 13.1. The molecule has 1 heterocycles. The molecule has 6 atom stereocenters. The van der Waals surface area contributed by atoms with Gasteiger partial charge in [0.25, 0.3) is 0 Å². The van der Waals surface area contributed by atoms with Gasteiger partial charge in [0.15, 0.2) is 24.6 Å². The van der Waals surface area contributed by atoms with Crippen molar-refractivity contribution in [2.45, 2.75) is 340 Å². The number of hydrogen-bond acceptors (Lipinski definition) is 11. The molecule has 6 unspecified atom stereocenters. The number of unbranched alkanes of at least 4 members (excludes halogenated alkanes) is 36. The average Bonchev–Trinajstić information content (AvgIpc) is 3.39. The number of esters is 3. The summed E-state index contributed by atoms with van der Waals surface area (Å²) in [6, 6.07) is 0. The summed E-state index contributed by atoms with van der Waals surface area (Å²) in [6.07, 6.45) is 47.2. The first-order valence-corrected chi connectivity index (χ1v) is 31.3. The number of rotatable bonds is 54. The second-order valence-corrected chi connectivity index (χ2v) is 21.7. The van der Waals surface area contributed by atoms with Gasteiger partial charge >= 0.3 is 23.9 Å². The van der Waals surface area contributed by atoms with E-state index in [-0.39, 0.29) is 25.9 Å². The van der Waals surface area contributed by atoms with Gasteiger partial charge in [-0.25, -0.2) is 4.79 Å². The Morgan fingerprint density at radius 2 is 0.760 bits per heavy atom. The summed E-state index contributed by atoms with van der Waals surface area (Å²) in [6.45, 7) is 6.00. The fourth-order valence-electron chi connectivity index (χ4n) is 9.65. The summed E-state index contributed by atoms with van der Waals surface area (Å²) in [4.78, 5) is 51.2. The van der Waals surface area contributed by atoms with Gasteiger partial charge in [0.05, 0.1) is 6.61 Å². The van der Waals surface area contributed by atoms with E-state index in [0.717, 1.165) is 77.0 Å². The SMILES string of the molecule is CCCCCC/C=C\CCCCCCCC(=O)OC1C(OCC(COC(=O)CCCCCCCCCCC/C=C\CCCCCCCC)OC(=O)CCCCCCCCCCCCCCC)OC(C(=O)O)C(O)C1O. The molecule has 1 aliphatic heterocycles. The number of carbonyl (C=O) groups is 4. The van der Waals surface area contributed by atoms with E-state index in [2.05, 4.69) is 45.1 Å². The molecule has 12 heteroatoms. The highest BCUT2D eigenvalue weighted by Gasteiger charge is 2.50. The summed E-state index contributed by atoms with van der Waals surface area (Å²) in [7, 11) is 0. The summed E-state index contributed by atoms with van der Waals surface area (Å²) >= 11 is 0. The minimum atomic E-state index is -1.90. The van der Waals surface area contributed by atoms with Gasteiger partial charge in [-0.05, 0) is 70.6 Å². The van der Waals surface area contributed by atoms with Crippen molar-refractivity contribution in [3.63, 3.8) is 0 Å². The maximum Gasteiger partial charge on any atom is 0.335 e. The van der Waals surface area contributed by atoms with Crippen molar-refractivity contribution in [2.75, 3.05) is 13.2 Å². The second kappa shape index (κ2) is 51.9. The van der Waals surface area contributed by atoms with Crippen LogP contribution in [0.2, 0.25) is 0 Å². The number of carbonyl (C=O) groups excluding carboxylic acids is 3. The van der Waals surface area contributed by atoms with Gasteiger partial charge in [0.2, 0.25) is 0 Å². The fourth-order valence-corrected chi connectivity index (χ4v) is 9.65. The fraction of sp³-hybridized carbons (Fsp3) is 0.873. The third kappa shape index (κ3) is 41.9. The van der Waals surface area contributed by atoms with Gasteiger partial charge in [0.1, 0.15) is 18.8 Å². The van der Waals surface area contributed by atoms with Crippen LogP contribution in [-0.2, 0) is 42.9 Å². The predicted octanol–water partition coefficient (Wildman–Crippen LogP) is 16.2. The molecule has 12 nitrogen and oxygen atoms in total. The van der Waals surface area contributed by atoms with E-state index in [1.807, 2.05) is 0 Å². The first-order chi connectivity index (χ1) is 36.6. The molecular formula is C63H114O12. The van der Waals surface area contributed by atoms with Crippen molar-refractivity contribution in [1.82, 2.24) is 0 Å². The zero-order valence-electron chi connectivity index (χ0n) is 48.3. The molecule has 0 aromatic carbocycles. The van der Waals surface area contributed by atoms with Crippen LogP contribution in [0, 0.1) is 0 Å². The largest absolute Gasteiger partial charge is 0.479 e. The van der Waals surface area contributed by atoms with Crippen molar-refractivity contribution in [3.05, 3.63) is 24.3 Å². The lowest BCUT2D eigenvalue weighted by molar-refractivity contribution is -0.301. The first-order valence-electron chi connectivity index (χ1n) is 31.3. The molecule has 0 aliphatic carbocycles. The Hall–Kier alpha value is -2.80. The molecule has 1 aliphatic rings. The average molecular weight is 1060 g/mol. The first kappa shape index (κ1) is 70.2. The van der Waals surface area contributed by atoms with Crippen molar-refractivity contribution in [3.8, 4) is 0 Å². The molecule has 0 saturated carbocycles. The molecule has 1 saturated heterocycles. The van der Waals surface area contributed by atoms with E-state index >= 15 is 0 Å². The van der Waals surface area contributed by atoms with E-state index in [4.69, 9.17) is 23.7 Å². The molecule has 0 aromatic heterocycles. The molecule has 1 fully saturated rings. The normalized spacial score (nSPS) is 18.2. The number of allylic oxidation sites excluding steroid dienone is 4. The van der Waals surface area contributed by atoms with Crippen molar-refractivity contribution >= 4 is 23.9 Å². The number of ether oxygens (including phenoxy) is 5. The number of hydrogen-bond donors (Lipinski definition) is 3. The van der Waals surface area contributed by atoms with Crippen LogP contribution in [-0.4, -0.2) is 89.2 Å². The Morgan fingerprint density at radius 3 is 1.15 bits per heavy atom. The van der Waals surface area contributed by atoms with Crippen LogP contribution in [0.3, 0.4) is 0 Å². The summed E-state index contributed by atoms with van der Waals surface area (Å²) in [5, 5.41) is 31.5. The molecule has 75 heavy (non-hydrogen) atoms. The van der Waals surface area contributed by atoms with E-state index in [0.29, 0.717) is 19.3 Å². The number of carboxylic acid groups (broad SMARTS) is 1. The standard InChI is InChI=1S/C63H114O12/c1-4-7-10-13-16-19-22-25-26-27-28-29-30-33-34-37-40-43-46-49-55(64)71-52-54(73-56(65)50-47-44-41-38-35-31-23-20-17-14-11-8-5-2)53-72-63-61(59(68)58(67)60(75-63)62(69)70)74-57(66)51-48-45-42-39-36-32-24-21-18-15-12-9-6-3/h21,24-26,54,58-61,63,67-68H,4-20,22-23,27-53H2,1-3H3,(H,69,70)/b24-21-,26-25-. The molecule has 0 amide bonds. The summed E-state index contributed by atoms with van der Waals surface area (Å²) in [5.41, 5.74) is 0. The lowest BCUT2D eigenvalue weighted by Gasteiger charge is -2.40. The smallest absolute Gasteiger partial charge is 0.335 e. The number of aliphatic hydroxyl groups is 2. The van der Waals surface area contributed by atoms with Crippen molar-refractivity contribution < 1.29 is 58.2 Å². The van der Waals surface area contributed by atoms with Crippen LogP contribution < -0.4 is 0 Å². The molecule has 0 radical (unpaired) electrons. The third-order valence-corrected chi connectivity index (χ3v) is 14.5. The minimum absolute atomic E-state index is 0.0547. The monoisotopic (exact) mass is 1060 g/mol. The Labute approximate surface area is 458 Å². The third-order valence-electron chi connectivity index (χ3n) is 14.5. The van der Waals surface area contributed by atoms with E-state index in [1.54, 1.807) is 0 Å². The Morgan fingerprint density at radius 1 is 0.427 bits per heavy atom. The van der Waals surface area contributed by atoms with Crippen LogP contribution in [0.25, 0.3) is 0 Å². The van der Waals surface area contributed by atoms with Gasteiger partial charge in [0, 0.05) is 19.3 Å². The number of carboxylic acids is 1. The van der Waals surface area contributed by atoms with Gasteiger partial charge in [-0.3, -0.25) is 14.4 Å². The quantitative estimate of drug-likeness (QED) is 0.0228. The highest BCUT2D eigenvalue weighted by atomic mass is 16.7. The van der Waals surface area contributed by atoms with Crippen molar-refractivity contribution in [1.29, 1.82) is 0 Å². The number of aliphatic hydroxyl groups excluding tert-OH is 2. The highest BCUT2D eigenvalue weighted by Crippen LogP contribution is 2.27. The van der Waals surface area contributed by atoms with Gasteiger partial charge in [-0.1, -0.05) is 238 Å². The van der Waals surface area contributed by atoms with Crippen LogP contribution in [0.15, 0.2) is 24.3 Å². The molecular weight excluding hydrogens is 949 g/mol. The van der Waals surface area contributed by atoms with Crippen LogP contribution in [0.5, 0.6) is 0 Å². The van der Waals surface area contributed by atoms with Gasteiger partial charge in [-0.15, -0.1) is 0 Å². The van der Waals surface area contributed by atoms with Gasteiger partial charge in [-0.2, -0.15) is 0 Å². The lowest BCUT2D eigenvalue weighted by Crippen LogP contribution is -2.61. The van der Waals surface area contributed by atoms with Crippen molar-refractivity contribution in [2.24, 2.45) is 0 Å². The second-order valence-electron chi connectivity index (χ2n) is 21.7. The lowest BCUT2D eigenvalue weighted by atomic mass is 9.98. The van der Waals surface area contributed by atoms with E-state index in [9.17, 15) is 34.5 Å². The summed E-state index contributed by atoms with van der Waals surface area (Å²) < 4.78 is 28.5. The Kier molecular flexibility index (Phi) is 48.6. The van der Waals surface area contributed by atoms with E-state index in [1.165, 1.54) is 167 Å². The molecule has 0 aromatic rings. The molecule has 1 rings (SSSR count). The Bertz CT molecular complexity index is 1400. The van der Waals surface area contributed by atoms with Crippen LogP contribution in [0.1, 0.15) is 303 Å². The maximum absolute atomic E-state index is 13.1. The number of aliphatic carboxylic acids is 1. The van der Waals surface area contributed by atoms with Crippen LogP contribution >= 0.6 is 0 Å². The Balaban J connectivity index is 2.64. The molecule has 0 spiro atoms. The molecule has 438 valence electrons. The highest BCUT2D eigenvalue weighted by molar-refractivity contribution is 5.74. The minimum Gasteiger partial charge on any atom is -0.479 e. The molecule has 0 bridgehead atoms. The zero-order chi connectivity index (χ0) is 54.7. The predicted molar refractivity (Wildman–Crippen MR) is 303 cm³/mol. The van der Waals surface area contributed by atoms with Gasteiger partial charge < -0.3 is 39.0 Å². The topological polar surface area (TPSA) is 175 Å². The van der Waals surface area contributed by atoms with E-state index < -0.39 is 67.3 Å². The van der Waals surface area contributed by atoms with Crippen LogP contribution in [0.4, 0.5) is 0 Å². The summed E-state index contributed by atoms with van der Waals surface area (Å²) in [5.74, 6) is -3.10.